The van der Waals surface area contributed by atoms with Crippen molar-refractivity contribution in [2.45, 2.75) is 24.8 Å². The van der Waals surface area contributed by atoms with E-state index in [0.717, 1.165) is 17.5 Å². The number of nitrogens with one attached hydrogen (secondary N) is 1. The van der Waals surface area contributed by atoms with Crippen molar-refractivity contribution in [3.05, 3.63) is 69.7 Å². The smallest absolute Gasteiger partial charge is 0.243 e. The topological polar surface area (TPSA) is 73.2 Å². The van der Waals surface area contributed by atoms with Gasteiger partial charge in [0.15, 0.2) is 0 Å². The molecule has 5 nitrogen and oxygen atoms in total. The second kappa shape index (κ2) is 9.09. The maximum Gasteiger partial charge on any atom is 0.243 e. The fraction of sp³-hybridized carbons (Fsp3) is 0.286. The monoisotopic (exact) mass is 415 g/mol. The van der Waals surface area contributed by atoms with E-state index in [9.17, 15) is 9.59 Å². The first-order valence-electron chi connectivity index (χ1n) is 8.97. The van der Waals surface area contributed by atoms with Crippen molar-refractivity contribution < 1.29 is 9.59 Å². The Balaban J connectivity index is 1.77. The van der Waals surface area contributed by atoms with Crippen LogP contribution < -0.4 is 5.32 Å². The molecule has 0 saturated carbocycles. The third-order valence-corrected chi connectivity index (χ3v) is 5.31. The Morgan fingerprint density at radius 2 is 1.61 bits per heavy atom. The number of amides is 2. The van der Waals surface area contributed by atoms with Gasteiger partial charge in [0.1, 0.15) is 6.04 Å². The van der Waals surface area contributed by atoms with Crippen LogP contribution >= 0.6 is 23.2 Å². The summed E-state index contributed by atoms with van der Waals surface area (Å²) < 4.78 is 0. The summed E-state index contributed by atoms with van der Waals surface area (Å²) >= 11 is 11.9. The Hall–Kier alpha value is -2.55. The van der Waals surface area contributed by atoms with Crippen LogP contribution in [0.4, 0.5) is 0 Å². The third-order valence-electron chi connectivity index (χ3n) is 4.80. The van der Waals surface area contributed by atoms with Gasteiger partial charge in [-0.3, -0.25) is 9.59 Å². The molecule has 2 aromatic rings. The Labute approximate surface area is 173 Å². The number of benzene rings is 2. The van der Waals surface area contributed by atoms with Gasteiger partial charge in [0, 0.05) is 16.6 Å². The molecule has 144 valence electrons. The zero-order chi connectivity index (χ0) is 20.1. The lowest BCUT2D eigenvalue weighted by Gasteiger charge is -2.22. The molecule has 0 aliphatic carbocycles. The maximum atomic E-state index is 13.0. The van der Waals surface area contributed by atoms with Gasteiger partial charge in [0.2, 0.25) is 11.8 Å². The van der Waals surface area contributed by atoms with Crippen LogP contribution in [0.15, 0.2) is 48.5 Å². The molecule has 1 atom stereocenters. The average molecular weight is 416 g/mol. The number of likely N-dealkylation sites (tertiary alicyclic amines) is 1. The minimum atomic E-state index is -0.604. The van der Waals surface area contributed by atoms with Crippen LogP contribution in [0.1, 0.15) is 29.9 Å². The van der Waals surface area contributed by atoms with Crippen molar-refractivity contribution in [2.75, 3.05) is 13.1 Å². The Bertz CT molecular complexity index is 846. The Kier molecular flexibility index (Phi) is 6.56. The standard InChI is InChI=1S/C21H19Cl2N3O2/c22-16-7-3-14(4-8-16)20(15-5-9-17(23)10-6-15)21(28)25-13-19(27)26-11-1-2-18(26)12-24/h3-10,18,20H,1-2,11,13H2,(H,25,28)/t18-/m0/s1. The summed E-state index contributed by atoms with van der Waals surface area (Å²) in [6.45, 7) is 0.402. The van der Waals surface area contributed by atoms with E-state index >= 15 is 0 Å². The normalized spacial score (nSPS) is 16.1. The molecule has 0 unspecified atom stereocenters. The molecule has 28 heavy (non-hydrogen) atoms. The van der Waals surface area contributed by atoms with E-state index in [0.29, 0.717) is 23.0 Å². The molecule has 1 heterocycles. The largest absolute Gasteiger partial charge is 0.346 e. The van der Waals surface area contributed by atoms with Crippen molar-refractivity contribution in [2.24, 2.45) is 0 Å². The van der Waals surface area contributed by atoms with Crippen LogP contribution in [0.3, 0.4) is 0 Å². The van der Waals surface area contributed by atoms with E-state index in [1.54, 1.807) is 48.5 Å². The van der Waals surface area contributed by atoms with Gasteiger partial charge in [-0.1, -0.05) is 47.5 Å². The van der Waals surface area contributed by atoms with E-state index in [-0.39, 0.29) is 18.4 Å². The molecule has 2 amide bonds. The SMILES string of the molecule is N#C[C@@H]1CCCN1C(=O)CNC(=O)C(c1ccc(Cl)cc1)c1ccc(Cl)cc1. The van der Waals surface area contributed by atoms with Crippen LogP contribution in [-0.2, 0) is 9.59 Å². The van der Waals surface area contributed by atoms with E-state index in [1.807, 2.05) is 0 Å². The number of carbonyl (C=O) groups excluding carboxylic acids is 2. The summed E-state index contributed by atoms with van der Waals surface area (Å²) in [5.74, 6) is -1.15. The van der Waals surface area contributed by atoms with Crippen molar-refractivity contribution in [1.29, 1.82) is 5.26 Å². The van der Waals surface area contributed by atoms with E-state index in [4.69, 9.17) is 28.5 Å². The Morgan fingerprint density at radius 1 is 1.07 bits per heavy atom. The molecule has 1 aliphatic rings. The molecule has 2 aromatic carbocycles. The lowest BCUT2D eigenvalue weighted by molar-refractivity contribution is -0.133. The molecule has 1 N–H and O–H groups in total. The molecule has 0 spiro atoms. The maximum absolute atomic E-state index is 13.0. The number of halogens is 2. The van der Waals surface area contributed by atoms with Gasteiger partial charge in [-0.05, 0) is 48.2 Å². The molecule has 0 aromatic heterocycles. The summed E-state index contributed by atoms with van der Waals surface area (Å²) in [5, 5.41) is 13.0. The summed E-state index contributed by atoms with van der Waals surface area (Å²) in [4.78, 5) is 26.9. The highest BCUT2D eigenvalue weighted by atomic mass is 35.5. The van der Waals surface area contributed by atoms with Gasteiger partial charge < -0.3 is 10.2 Å². The first kappa shape index (κ1) is 20.2. The van der Waals surface area contributed by atoms with Crippen molar-refractivity contribution in [3.63, 3.8) is 0 Å². The van der Waals surface area contributed by atoms with Gasteiger partial charge in [0.25, 0.3) is 0 Å². The van der Waals surface area contributed by atoms with E-state index in [2.05, 4.69) is 11.4 Å². The second-order valence-corrected chi connectivity index (χ2v) is 7.50. The van der Waals surface area contributed by atoms with Crippen LogP contribution in [0.2, 0.25) is 10.0 Å². The summed E-state index contributed by atoms with van der Waals surface area (Å²) in [7, 11) is 0. The number of hydrogen-bond donors (Lipinski definition) is 1. The summed E-state index contributed by atoms with van der Waals surface area (Å²) in [6, 6.07) is 15.8. The average Bonchev–Trinajstić information content (AvgIpc) is 3.18. The fourth-order valence-electron chi connectivity index (χ4n) is 3.37. The van der Waals surface area contributed by atoms with E-state index < -0.39 is 12.0 Å². The highest BCUT2D eigenvalue weighted by molar-refractivity contribution is 6.30. The minimum Gasteiger partial charge on any atom is -0.346 e. The Morgan fingerprint density at radius 3 is 2.11 bits per heavy atom. The van der Waals surface area contributed by atoms with Gasteiger partial charge in [0.05, 0.1) is 18.5 Å². The number of carbonyl (C=O) groups is 2. The van der Waals surface area contributed by atoms with Gasteiger partial charge in [-0.25, -0.2) is 0 Å². The lowest BCUT2D eigenvalue weighted by Crippen LogP contribution is -2.43. The molecule has 3 rings (SSSR count). The highest BCUT2D eigenvalue weighted by Gasteiger charge is 2.29. The molecule has 1 aliphatic heterocycles. The molecule has 1 fully saturated rings. The number of rotatable bonds is 5. The number of hydrogen-bond acceptors (Lipinski definition) is 3. The zero-order valence-corrected chi connectivity index (χ0v) is 16.6. The molecular formula is C21H19Cl2N3O2. The zero-order valence-electron chi connectivity index (χ0n) is 15.1. The van der Waals surface area contributed by atoms with Crippen molar-refractivity contribution >= 4 is 35.0 Å². The van der Waals surface area contributed by atoms with Gasteiger partial charge in [-0.15, -0.1) is 0 Å². The van der Waals surface area contributed by atoms with Crippen LogP contribution in [0.5, 0.6) is 0 Å². The van der Waals surface area contributed by atoms with Gasteiger partial charge >= 0.3 is 0 Å². The molecule has 1 saturated heterocycles. The summed E-state index contributed by atoms with van der Waals surface area (Å²) in [6.07, 6.45) is 1.48. The molecule has 0 radical (unpaired) electrons. The molecule has 0 bridgehead atoms. The van der Waals surface area contributed by atoms with Crippen LogP contribution in [0.25, 0.3) is 0 Å². The summed E-state index contributed by atoms with van der Waals surface area (Å²) in [5.41, 5.74) is 1.51. The molecule has 7 heteroatoms. The quantitative estimate of drug-likeness (QED) is 0.807. The first-order valence-corrected chi connectivity index (χ1v) is 9.73. The predicted molar refractivity (Wildman–Crippen MR) is 108 cm³/mol. The molecular weight excluding hydrogens is 397 g/mol. The fourth-order valence-corrected chi connectivity index (χ4v) is 3.62. The van der Waals surface area contributed by atoms with Crippen LogP contribution in [0, 0.1) is 11.3 Å². The van der Waals surface area contributed by atoms with E-state index in [1.165, 1.54) is 4.90 Å². The van der Waals surface area contributed by atoms with Gasteiger partial charge in [-0.2, -0.15) is 5.26 Å². The van der Waals surface area contributed by atoms with Crippen LogP contribution in [-0.4, -0.2) is 35.8 Å². The van der Waals surface area contributed by atoms with Crippen molar-refractivity contribution in [1.82, 2.24) is 10.2 Å². The minimum absolute atomic E-state index is 0.144. The van der Waals surface area contributed by atoms with Crippen molar-refractivity contribution in [3.8, 4) is 6.07 Å². The predicted octanol–water partition coefficient (Wildman–Crippen LogP) is 3.76. The first-order chi connectivity index (χ1) is 13.5. The number of nitriles is 1. The number of nitrogens with zero attached hydrogens (tertiary/aromatic N) is 2. The second-order valence-electron chi connectivity index (χ2n) is 6.63. The lowest BCUT2D eigenvalue weighted by atomic mass is 9.90. The highest BCUT2D eigenvalue weighted by Crippen LogP contribution is 2.27. The third kappa shape index (κ3) is 4.64.